The summed E-state index contributed by atoms with van der Waals surface area (Å²) < 4.78 is 0. The zero-order valence-electron chi connectivity index (χ0n) is 16.4. The largest absolute Gasteiger partial charge is 0.480 e. The number of carbonyl (C=O) groups excluding carboxylic acids is 1. The number of aliphatic carboxylic acids is 1. The van der Waals surface area contributed by atoms with Gasteiger partial charge in [0.1, 0.15) is 0 Å². The first kappa shape index (κ1) is 21.5. The monoisotopic (exact) mass is 395 g/mol. The van der Waals surface area contributed by atoms with Crippen molar-refractivity contribution < 1.29 is 14.7 Å². The fourth-order valence-electron chi connectivity index (χ4n) is 3.53. The second-order valence-electron chi connectivity index (χ2n) is 7.73. The quantitative estimate of drug-likeness (QED) is 0.743. The van der Waals surface area contributed by atoms with Gasteiger partial charge in [-0.05, 0) is 37.1 Å². The molecular formula is C20H30ClN3O3. The van der Waals surface area contributed by atoms with Gasteiger partial charge in [-0.15, -0.1) is 0 Å². The third-order valence-corrected chi connectivity index (χ3v) is 5.54. The van der Waals surface area contributed by atoms with Crippen LogP contribution in [-0.2, 0) is 10.2 Å². The number of rotatable bonds is 7. The van der Waals surface area contributed by atoms with Gasteiger partial charge in [-0.2, -0.15) is 0 Å². The lowest BCUT2D eigenvalue weighted by Crippen LogP contribution is -2.51. The maximum Gasteiger partial charge on any atom is 0.317 e. The van der Waals surface area contributed by atoms with Crippen molar-refractivity contribution in [3.63, 3.8) is 0 Å². The van der Waals surface area contributed by atoms with Crippen LogP contribution in [0.4, 0.5) is 4.79 Å². The number of piperidine rings is 1. The number of carbonyl (C=O) groups is 2. The zero-order chi connectivity index (χ0) is 20.0. The van der Waals surface area contributed by atoms with Gasteiger partial charge in [-0.1, -0.05) is 44.5 Å². The first-order valence-electron chi connectivity index (χ1n) is 9.47. The van der Waals surface area contributed by atoms with Gasteiger partial charge in [0.15, 0.2) is 0 Å². The molecule has 2 amide bonds. The second kappa shape index (κ2) is 9.42. The van der Waals surface area contributed by atoms with Gasteiger partial charge in [0, 0.05) is 36.1 Å². The summed E-state index contributed by atoms with van der Waals surface area (Å²) in [7, 11) is 0. The SMILES string of the molecule is CCN(CC(=O)O)C1CCN(C(=O)NCC(C)(C)c2cccc(Cl)c2)CC1. The molecule has 0 aliphatic carbocycles. The molecule has 150 valence electrons. The average molecular weight is 396 g/mol. The molecule has 1 aromatic rings. The number of likely N-dealkylation sites (tertiary alicyclic amines) is 1. The molecule has 0 bridgehead atoms. The Labute approximate surface area is 166 Å². The Hall–Kier alpha value is -1.79. The highest BCUT2D eigenvalue weighted by Crippen LogP contribution is 2.25. The first-order chi connectivity index (χ1) is 12.7. The van der Waals surface area contributed by atoms with E-state index in [9.17, 15) is 9.59 Å². The molecule has 7 heteroatoms. The van der Waals surface area contributed by atoms with Crippen LogP contribution in [0.3, 0.4) is 0 Å². The molecule has 1 saturated heterocycles. The van der Waals surface area contributed by atoms with Crippen molar-refractivity contribution in [1.82, 2.24) is 15.1 Å². The molecule has 2 rings (SSSR count). The summed E-state index contributed by atoms with van der Waals surface area (Å²) in [6, 6.07) is 7.87. The minimum Gasteiger partial charge on any atom is -0.480 e. The third-order valence-electron chi connectivity index (χ3n) is 5.30. The highest BCUT2D eigenvalue weighted by Gasteiger charge is 2.28. The van der Waals surface area contributed by atoms with Gasteiger partial charge in [-0.3, -0.25) is 9.69 Å². The maximum absolute atomic E-state index is 12.5. The van der Waals surface area contributed by atoms with Crippen molar-refractivity contribution in [3.05, 3.63) is 34.9 Å². The van der Waals surface area contributed by atoms with E-state index in [0.717, 1.165) is 18.4 Å². The molecule has 1 aliphatic rings. The third kappa shape index (κ3) is 6.11. The van der Waals surface area contributed by atoms with Crippen LogP contribution in [0.1, 0.15) is 39.2 Å². The maximum atomic E-state index is 12.5. The van der Waals surface area contributed by atoms with Gasteiger partial charge < -0.3 is 15.3 Å². The number of urea groups is 1. The Morgan fingerprint density at radius 2 is 2.00 bits per heavy atom. The van der Waals surface area contributed by atoms with E-state index in [1.54, 1.807) is 0 Å². The van der Waals surface area contributed by atoms with Gasteiger partial charge in [0.2, 0.25) is 0 Å². The number of halogens is 1. The summed E-state index contributed by atoms with van der Waals surface area (Å²) in [5, 5.41) is 12.7. The smallest absolute Gasteiger partial charge is 0.317 e. The highest BCUT2D eigenvalue weighted by atomic mass is 35.5. The topological polar surface area (TPSA) is 72.9 Å². The highest BCUT2D eigenvalue weighted by molar-refractivity contribution is 6.30. The van der Waals surface area contributed by atoms with Crippen LogP contribution in [0.25, 0.3) is 0 Å². The van der Waals surface area contributed by atoms with E-state index in [1.807, 2.05) is 41.0 Å². The van der Waals surface area contributed by atoms with Crippen LogP contribution in [0.5, 0.6) is 0 Å². The van der Waals surface area contributed by atoms with Gasteiger partial charge in [-0.25, -0.2) is 4.79 Å². The van der Waals surface area contributed by atoms with E-state index in [0.29, 0.717) is 31.2 Å². The van der Waals surface area contributed by atoms with Crippen LogP contribution in [0.2, 0.25) is 5.02 Å². The normalized spacial score (nSPS) is 15.8. The summed E-state index contributed by atoms with van der Waals surface area (Å²) in [4.78, 5) is 27.3. The van der Waals surface area contributed by atoms with E-state index in [1.165, 1.54) is 0 Å². The molecule has 6 nitrogen and oxygen atoms in total. The summed E-state index contributed by atoms with van der Waals surface area (Å²) in [6.07, 6.45) is 1.60. The Balaban J connectivity index is 1.84. The molecule has 2 N–H and O–H groups in total. The Morgan fingerprint density at radius 1 is 1.33 bits per heavy atom. The van der Waals surface area contributed by atoms with Crippen molar-refractivity contribution in [2.45, 2.75) is 45.1 Å². The summed E-state index contributed by atoms with van der Waals surface area (Å²) in [6.45, 7) is 8.70. The van der Waals surface area contributed by atoms with E-state index in [4.69, 9.17) is 16.7 Å². The number of likely N-dealkylation sites (N-methyl/N-ethyl adjacent to an activating group) is 1. The van der Waals surface area contributed by atoms with E-state index < -0.39 is 5.97 Å². The molecule has 1 heterocycles. The molecule has 1 fully saturated rings. The van der Waals surface area contributed by atoms with Crippen LogP contribution >= 0.6 is 11.6 Å². The van der Waals surface area contributed by atoms with Crippen molar-refractivity contribution >= 4 is 23.6 Å². The standard InChI is InChI=1S/C20H30ClN3O3/c1-4-23(13-18(25)26)17-8-10-24(11-9-17)19(27)22-14-20(2,3)15-6-5-7-16(21)12-15/h5-7,12,17H,4,8-11,13-14H2,1-3H3,(H,22,27)(H,25,26). The van der Waals surface area contributed by atoms with Crippen LogP contribution in [-0.4, -0.2) is 65.7 Å². The number of carboxylic acid groups (broad SMARTS) is 1. The van der Waals surface area contributed by atoms with Crippen molar-refractivity contribution in [2.24, 2.45) is 0 Å². The second-order valence-corrected chi connectivity index (χ2v) is 8.16. The fraction of sp³-hybridized carbons (Fsp3) is 0.600. The lowest BCUT2D eigenvalue weighted by molar-refractivity contribution is -0.139. The molecule has 1 aliphatic heterocycles. The van der Waals surface area contributed by atoms with Gasteiger partial charge in [0.05, 0.1) is 6.54 Å². The lowest BCUT2D eigenvalue weighted by atomic mass is 9.84. The van der Waals surface area contributed by atoms with Crippen molar-refractivity contribution in [3.8, 4) is 0 Å². The van der Waals surface area contributed by atoms with Crippen LogP contribution in [0, 0.1) is 0 Å². The fourth-order valence-corrected chi connectivity index (χ4v) is 3.72. The lowest BCUT2D eigenvalue weighted by Gasteiger charge is -2.38. The number of hydrogen-bond acceptors (Lipinski definition) is 3. The molecular weight excluding hydrogens is 366 g/mol. The minimum absolute atomic E-state index is 0.0567. The number of carboxylic acids is 1. The van der Waals surface area contributed by atoms with Crippen molar-refractivity contribution in [2.75, 3.05) is 32.7 Å². The predicted molar refractivity (Wildman–Crippen MR) is 107 cm³/mol. The summed E-state index contributed by atoms with van der Waals surface area (Å²) in [5.74, 6) is -0.805. The van der Waals surface area contributed by atoms with E-state index >= 15 is 0 Å². The van der Waals surface area contributed by atoms with Crippen LogP contribution in [0.15, 0.2) is 24.3 Å². The van der Waals surface area contributed by atoms with Gasteiger partial charge >= 0.3 is 12.0 Å². The number of nitrogens with zero attached hydrogens (tertiary/aromatic N) is 2. The summed E-state index contributed by atoms with van der Waals surface area (Å²) >= 11 is 6.08. The van der Waals surface area contributed by atoms with Crippen molar-refractivity contribution in [1.29, 1.82) is 0 Å². The minimum atomic E-state index is -0.805. The Kier molecular flexibility index (Phi) is 7.50. The molecule has 0 aromatic heterocycles. The number of benzene rings is 1. The van der Waals surface area contributed by atoms with E-state index in [2.05, 4.69) is 19.2 Å². The van der Waals surface area contributed by atoms with E-state index in [-0.39, 0.29) is 24.0 Å². The molecule has 0 spiro atoms. The number of hydrogen-bond donors (Lipinski definition) is 2. The molecule has 0 saturated carbocycles. The molecule has 0 radical (unpaired) electrons. The number of nitrogens with one attached hydrogen (secondary N) is 1. The molecule has 0 atom stereocenters. The Bertz CT molecular complexity index is 658. The molecule has 1 aromatic carbocycles. The van der Waals surface area contributed by atoms with Crippen LogP contribution < -0.4 is 5.32 Å². The number of amides is 2. The molecule has 27 heavy (non-hydrogen) atoms. The zero-order valence-corrected chi connectivity index (χ0v) is 17.1. The molecule has 0 unspecified atom stereocenters. The van der Waals surface area contributed by atoms with Gasteiger partial charge in [0.25, 0.3) is 0 Å². The summed E-state index contributed by atoms with van der Waals surface area (Å²) in [5.41, 5.74) is 0.862. The Morgan fingerprint density at radius 3 is 2.56 bits per heavy atom. The average Bonchev–Trinajstić information content (AvgIpc) is 2.64. The predicted octanol–water partition coefficient (Wildman–Crippen LogP) is 3.20. The first-order valence-corrected chi connectivity index (χ1v) is 9.85.